The molecule has 1 heterocycles. The molecule has 1 aromatic carbocycles. The largest absolute Gasteiger partial charge is 0.464 e. The zero-order chi connectivity index (χ0) is 13.0. The summed E-state index contributed by atoms with van der Waals surface area (Å²) in [5, 5.41) is 0. The molecule has 1 aromatic rings. The summed E-state index contributed by atoms with van der Waals surface area (Å²) in [4.78, 5) is 13.5. The minimum Gasteiger partial charge on any atom is -0.464 e. The molecule has 98 valence electrons. The number of carbonyl (C=O) groups excluding carboxylic acids is 1. The summed E-state index contributed by atoms with van der Waals surface area (Å²) < 4.78 is 18.3. The third-order valence-corrected chi connectivity index (χ3v) is 3.12. The number of fused-ring (bicyclic) bond motifs is 1. The van der Waals surface area contributed by atoms with E-state index < -0.39 is 0 Å². The normalized spacial score (nSPS) is 13.6. The smallest absolute Gasteiger partial charge is 0.325 e. The van der Waals surface area contributed by atoms with Gasteiger partial charge in [-0.1, -0.05) is 19.4 Å². The van der Waals surface area contributed by atoms with Gasteiger partial charge in [-0.3, -0.25) is 4.79 Å². The molecule has 4 heteroatoms. The number of hydrogen-bond donors (Lipinski definition) is 0. The van der Waals surface area contributed by atoms with Crippen molar-refractivity contribution in [3.8, 4) is 0 Å². The Bertz CT molecular complexity index is 434. The molecule has 0 amide bonds. The SMILES string of the molecule is CCCCOC(=O)CN1CCc2ccc(F)cc21. The van der Waals surface area contributed by atoms with Crippen molar-refractivity contribution in [2.24, 2.45) is 0 Å². The highest BCUT2D eigenvalue weighted by Crippen LogP contribution is 2.28. The first-order valence-corrected chi connectivity index (χ1v) is 6.39. The Balaban J connectivity index is 1.93. The fourth-order valence-corrected chi connectivity index (χ4v) is 2.11. The van der Waals surface area contributed by atoms with Crippen LogP contribution in [-0.2, 0) is 16.0 Å². The van der Waals surface area contributed by atoms with Gasteiger partial charge in [0.1, 0.15) is 12.4 Å². The molecule has 0 saturated heterocycles. The molecule has 0 saturated carbocycles. The summed E-state index contributed by atoms with van der Waals surface area (Å²) in [6.45, 7) is 3.48. The Labute approximate surface area is 107 Å². The van der Waals surface area contributed by atoms with Crippen molar-refractivity contribution >= 4 is 11.7 Å². The van der Waals surface area contributed by atoms with Gasteiger partial charge in [-0.15, -0.1) is 0 Å². The number of ether oxygens (including phenoxy) is 1. The van der Waals surface area contributed by atoms with Gasteiger partial charge < -0.3 is 9.64 Å². The summed E-state index contributed by atoms with van der Waals surface area (Å²) in [5.74, 6) is -0.499. The van der Waals surface area contributed by atoms with Crippen molar-refractivity contribution in [2.45, 2.75) is 26.2 Å². The van der Waals surface area contributed by atoms with Crippen LogP contribution in [0.2, 0.25) is 0 Å². The number of carbonyl (C=O) groups is 1. The van der Waals surface area contributed by atoms with Crippen molar-refractivity contribution in [3.63, 3.8) is 0 Å². The first-order chi connectivity index (χ1) is 8.70. The molecule has 0 N–H and O–H groups in total. The molecule has 3 nitrogen and oxygen atoms in total. The molecule has 1 aliphatic heterocycles. The first kappa shape index (κ1) is 12.9. The standard InChI is InChI=1S/C14H18FNO2/c1-2-3-8-18-14(17)10-16-7-6-11-4-5-12(15)9-13(11)16/h4-5,9H,2-3,6-8,10H2,1H3. The molecule has 0 atom stereocenters. The van der Waals surface area contributed by atoms with Gasteiger partial charge in [0, 0.05) is 12.2 Å². The molecular weight excluding hydrogens is 233 g/mol. The van der Waals surface area contributed by atoms with Crippen LogP contribution in [0.15, 0.2) is 18.2 Å². The maximum atomic E-state index is 13.2. The van der Waals surface area contributed by atoms with E-state index >= 15 is 0 Å². The molecule has 0 bridgehead atoms. The van der Waals surface area contributed by atoms with Crippen LogP contribution in [0.3, 0.4) is 0 Å². The van der Waals surface area contributed by atoms with Crippen molar-refractivity contribution in [3.05, 3.63) is 29.6 Å². The van der Waals surface area contributed by atoms with Crippen LogP contribution < -0.4 is 4.90 Å². The minimum atomic E-state index is -0.264. The van der Waals surface area contributed by atoms with E-state index in [4.69, 9.17) is 4.74 Å². The Kier molecular flexibility index (Phi) is 4.18. The van der Waals surface area contributed by atoms with Gasteiger partial charge >= 0.3 is 5.97 Å². The highest BCUT2D eigenvalue weighted by Gasteiger charge is 2.21. The molecule has 0 radical (unpaired) electrons. The second-order valence-corrected chi connectivity index (χ2v) is 4.52. The molecule has 0 aliphatic carbocycles. The zero-order valence-electron chi connectivity index (χ0n) is 10.6. The fourth-order valence-electron chi connectivity index (χ4n) is 2.11. The van der Waals surface area contributed by atoms with Crippen LogP contribution in [-0.4, -0.2) is 25.7 Å². The number of benzene rings is 1. The number of unbranched alkanes of at least 4 members (excludes halogenated alkanes) is 1. The Hall–Kier alpha value is -1.58. The van der Waals surface area contributed by atoms with Crippen molar-refractivity contribution in [1.29, 1.82) is 0 Å². The third-order valence-electron chi connectivity index (χ3n) is 3.12. The number of hydrogen-bond acceptors (Lipinski definition) is 3. The predicted molar refractivity (Wildman–Crippen MR) is 68.2 cm³/mol. The quantitative estimate of drug-likeness (QED) is 0.595. The van der Waals surface area contributed by atoms with Crippen LogP contribution in [0.4, 0.5) is 10.1 Å². The van der Waals surface area contributed by atoms with E-state index in [1.54, 1.807) is 6.07 Å². The van der Waals surface area contributed by atoms with E-state index in [-0.39, 0.29) is 18.3 Å². The number of rotatable bonds is 5. The van der Waals surface area contributed by atoms with Gasteiger partial charge in [0.25, 0.3) is 0 Å². The maximum Gasteiger partial charge on any atom is 0.325 e. The van der Waals surface area contributed by atoms with Gasteiger partial charge in [0.2, 0.25) is 0 Å². The number of halogens is 1. The molecule has 1 aliphatic rings. The number of nitrogens with zero attached hydrogens (tertiary/aromatic N) is 1. The van der Waals surface area contributed by atoms with Crippen LogP contribution in [0.5, 0.6) is 0 Å². The second-order valence-electron chi connectivity index (χ2n) is 4.52. The third kappa shape index (κ3) is 3.00. The Morgan fingerprint density at radius 3 is 3.11 bits per heavy atom. The predicted octanol–water partition coefficient (Wildman–Crippen LogP) is 2.53. The van der Waals surface area contributed by atoms with Crippen molar-refractivity contribution in [1.82, 2.24) is 0 Å². The van der Waals surface area contributed by atoms with Crippen LogP contribution in [0.25, 0.3) is 0 Å². The van der Waals surface area contributed by atoms with Gasteiger partial charge in [-0.25, -0.2) is 4.39 Å². The van der Waals surface area contributed by atoms with Crippen LogP contribution >= 0.6 is 0 Å². The van der Waals surface area contributed by atoms with E-state index in [2.05, 4.69) is 0 Å². The van der Waals surface area contributed by atoms with Gasteiger partial charge in [0.15, 0.2) is 0 Å². The maximum absolute atomic E-state index is 13.2. The molecule has 2 rings (SSSR count). The average molecular weight is 251 g/mol. The lowest BCUT2D eigenvalue weighted by atomic mass is 10.2. The van der Waals surface area contributed by atoms with E-state index in [1.165, 1.54) is 12.1 Å². The highest BCUT2D eigenvalue weighted by atomic mass is 19.1. The van der Waals surface area contributed by atoms with E-state index in [0.29, 0.717) is 6.61 Å². The van der Waals surface area contributed by atoms with E-state index in [0.717, 1.165) is 37.1 Å². The van der Waals surface area contributed by atoms with Crippen LogP contribution in [0, 0.1) is 5.82 Å². The lowest BCUT2D eigenvalue weighted by Gasteiger charge is -2.18. The molecule has 0 spiro atoms. The number of esters is 1. The van der Waals surface area contributed by atoms with E-state index in [9.17, 15) is 9.18 Å². The van der Waals surface area contributed by atoms with Gasteiger partial charge in [-0.05, 0) is 30.5 Å². The topological polar surface area (TPSA) is 29.5 Å². The summed E-state index contributed by atoms with van der Waals surface area (Å²) in [6.07, 6.45) is 2.75. The van der Waals surface area contributed by atoms with Crippen molar-refractivity contribution < 1.29 is 13.9 Å². The fraction of sp³-hybridized carbons (Fsp3) is 0.500. The monoisotopic (exact) mass is 251 g/mol. The zero-order valence-corrected chi connectivity index (χ0v) is 10.6. The summed E-state index contributed by atoms with van der Waals surface area (Å²) >= 11 is 0. The highest BCUT2D eigenvalue weighted by molar-refractivity contribution is 5.77. The summed E-state index contributed by atoms with van der Waals surface area (Å²) in [7, 11) is 0. The molecular formula is C14H18FNO2. The van der Waals surface area contributed by atoms with Gasteiger partial charge in [-0.2, -0.15) is 0 Å². The first-order valence-electron chi connectivity index (χ1n) is 6.39. The van der Waals surface area contributed by atoms with Crippen molar-refractivity contribution in [2.75, 3.05) is 24.6 Å². The Morgan fingerprint density at radius 1 is 1.50 bits per heavy atom. The van der Waals surface area contributed by atoms with Gasteiger partial charge in [0.05, 0.1) is 6.61 Å². The molecule has 0 fully saturated rings. The molecule has 0 aromatic heterocycles. The molecule has 18 heavy (non-hydrogen) atoms. The van der Waals surface area contributed by atoms with Crippen LogP contribution in [0.1, 0.15) is 25.3 Å². The Morgan fingerprint density at radius 2 is 2.33 bits per heavy atom. The lowest BCUT2D eigenvalue weighted by molar-refractivity contribution is -0.142. The lowest BCUT2D eigenvalue weighted by Crippen LogP contribution is -2.29. The second kappa shape index (κ2) is 5.85. The average Bonchev–Trinajstić information content (AvgIpc) is 2.72. The number of anilines is 1. The molecule has 0 unspecified atom stereocenters. The minimum absolute atomic E-state index is 0.208. The van der Waals surface area contributed by atoms with E-state index in [1.807, 2.05) is 11.8 Å². The summed E-state index contributed by atoms with van der Waals surface area (Å²) in [5.41, 5.74) is 1.92. The summed E-state index contributed by atoms with van der Waals surface area (Å²) in [6, 6.07) is 4.73.